The van der Waals surface area contributed by atoms with Crippen molar-refractivity contribution in [3.63, 3.8) is 0 Å². The van der Waals surface area contributed by atoms with Gasteiger partial charge in [-0.05, 0) is 12.1 Å². The number of anilines is 1. The number of H-pyrrole nitrogens is 1. The van der Waals surface area contributed by atoms with Crippen LogP contribution in [0.4, 0.5) is 5.82 Å². The Labute approximate surface area is 116 Å². The third-order valence-corrected chi connectivity index (χ3v) is 3.86. The molecule has 100 valence electrons. The fraction of sp³-hybridized carbons (Fsp3) is 0.267. The van der Waals surface area contributed by atoms with Crippen LogP contribution < -0.4 is 4.90 Å². The number of aromatic nitrogens is 4. The summed E-state index contributed by atoms with van der Waals surface area (Å²) >= 11 is 0. The molecule has 20 heavy (non-hydrogen) atoms. The van der Waals surface area contributed by atoms with E-state index in [4.69, 9.17) is 4.98 Å². The van der Waals surface area contributed by atoms with Crippen LogP contribution in [-0.4, -0.2) is 26.7 Å². The number of rotatable bonds is 1. The van der Waals surface area contributed by atoms with Crippen molar-refractivity contribution in [2.45, 2.75) is 19.4 Å². The first-order chi connectivity index (χ1) is 9.81. The molecule has 4 rings (SSSR count). The lowest BCUT2D eigenvalue weighted by molar-refractivity contribution is 0.620. The van der Waals surface area contributed by atoms with Crippen molar-refractivity contribution in [1.82, 2.24) is 20.2 Å². The SMILES string of the molecule is C[C@H]1CN(c2cnc3ccccc3n2)Cc2cn[nH]c21. The van der Waals surface area contributed by atoms with Crippen molar-refractivity contribution in [3.05, 3.63) is 47.9 Å². The third kappa shape index (κ3) is 1.74. The summed E-state index contributed by atoms with van der Waals surface area (Å²) in [6, 6.07) is 7.97. The van der Waals surface area contributed by atoms with Gasteiger partial charge in [-0.25, -0.2) is 4.98 Å². The first-order valence-electron chi connectivity index (χ1n) is 6.80. The van der Waals surface area contributed by atoms with Crippen LogP contribution in [0.3, 0.4) is 0 Å². The van der Waals surface area contributed by atoms with Gasteiger partial charge in [-0.2, -0.15) is 5.10 Å². The number of nitrogens with one attached hydrogen (secondary N) is 1. The lowest BCUT2D eigenvalue weighted by atomic mass is 9.99. The molecule has 0 unspecified atom stereocenters. The summed E-state index contributed by atoms with van der Waals surface area (Å²) in [7, 11) is 0. The van der Waals surface area contributed by atoms with E-state index >= 15 is 0 Å². The van der Waals surface area contributed by atoms with Crippen LogP contribution in [-0.2, 0) is 6.54 Å². The maximum absolute atomic E-state index is 4.72. The Morgan fingerprint density at radius 1 is 1.20 bits per heavy atom. The Bertz CT molecular complexity index is 764. The van der Waals surface area contributed by atoms with Gasteiger partial charge in [0.15, 0.2) is 0 Å². The molecule has 0 fully saturated rings. The van der Waals surface area contributed by atoms with Crippen LogP contribution in [0.15, 0.2) is 36.7 Å². The van der Waals surface area contributed by atoms with Crippen LogP contribution in [0.25, 0.3) is 11.0 Å². The molecule has 1 atom stereocenters. The number of fused-ring (bicyclic) bond motifs is 2. The van der Waals surface area contributed by atoms with E-state index in [0.29, 0.717) is 5.92 Å². The van der Waals surface area contributed by atoms with Gasteiger partial charge < -0.3 is 4.90 Å². The van der Waals surface area contributed by atoms with E-state index in [1.807, 2.05) is 36.7 Å². The maximum Gasteiger partial charge on any atom is 0.148 e. The second-order valence-electron chi connectivity index (χ2n) is 5.31. The monoisotopic (exact) mass is 265 g/mol. The van der Waals surface area contributed by atoms with Crippen LogP contribution >= 0.6 is 0 Å². The van der Waals surface area contributed by atoms with E-state index in [0.717, 1.165) is 29.9 Å². The molecular weight excluding hydrogens is 250 g/mol. The fourth-order valence-corrected chi connectivity index (χ4v) is 2.84. The Morgan fingerprint density at radius 3 is 2.95 bits per heavy atom. The van der Waals surface area contributed by atoms with Crippen molar-refractivity contribution < 1.29 is 0 Å². The summed E-state index contributed by atoms with van der Waals surface area (Å²) in [5.41, 5.74) is 4.37. The highest BCUT2D eigenvalue weighted by Gasteiger charge is 2.24. The summed E-state index contributed by atoms with van der Waals surface area (Å²) in [5, 5.41) is 7.24. The van der Waals surface area contributed by atoms with E-state index < -0.39 is 0 Å². The molecule has 5 heteroatoms. The van der Waals surface area contributed by atoms with Crippen molar-refractivity contribution in [1.29, 1.82) is 0 Å². The average Bonchev–Trinajstić information content (AvgIpc) is 2.96. The normalized spacial score (nSPS) is 18.2. The summed E-state index contributed by atoms with van der Waals surface area (Å²) in [4.78, 5) is 11.5. The topological polar surface area (TPSA) is 57.7 Å². The average molecular weight is 265 g/mol. The molecule has 1 N–H and O–H groups in total. The summed E-state index contributed by atoms with van der Waals surface area (Å²) in [6.07, 6.45) is 3.77. The first-order valence-corrected chi connectivity index (χ1v) is 6.80. The van der Waals surface area contributed by atoms with Gasteiger partial charge in [0, 0.05) is 30.3 Å². The standard InChI is InChI=1S/C15H15N5/c1-10-8-20(9-11-6-17-19-15(10)11)14-7-16-12-4-2-3-5-13(12)18-14/h2-7,10H,8-9H2,1H3,(H,17,19)/t10-/m0/s1. The number of para-hydroxylation sites is 2. The van der Waals surface area contributed by atoms with Crippen molar-refractivity contribution >= 4 is 16.9 Å². The predicted molar refractivity (Wildman–Crippen MR) is 77.6 cm³/mol. The molecule has 1 aliphatic heterocycles. The van der Waals surface area contributed by atoms with Gasteiger partial charge in [-0.1, -0.05) is 19.1 Å². The molecule has 0 aliphatic carbocycles. The van der Waals surface area contributed by atoms with E-state index in [2.05, 4.69) is 27.0 Å². The maximum atomic E-state index is 4.72. The second-order valence-corrected chi connectivity index (χ2v) is 5.31. The number of benzene rings is 1. The highest BCUT2D eigenvalue weighted by molar-refractivity contribution is 5.75. The Morgan fingerprint density at radius 2 is 2.05 bits per heavy atom. The minimum atomic E-state index is 0.425. The Kier molecular flexibility index (Phi) is 2.45. The molecule has 0 saturated heterocycles. The van der Waals surface area contributed by atoms with Crippen LogP contribution in [0.2, 0.25) is 0 Å². The minimum absolute atomic E-state index is 0.425. The summed E-state index contributed by atoms with van der Waals surface area (Å²) < 4.78 is 0. The fourth-order valence-electron chi connectivity index (χ4n) is 2.84. The molecule has 3 heterocycles. The van der Waals surface area contributed by atoms with E-state index in [-0.39, 0.29) is 0 Å². The number of aromatic amines is 1. The zero-order chi connectivity index (χ0) is 13.5. The van der Waals surface area contributed by atoms with Crippen LogP contribution in [0.1, 0.15) is 24.1 Å². The molecular formula is C15H15N5. The lowest BCUT2D eigenvalue weighted by Crippen LogP contribution is -2.33. The lowest BCUT2D eigenvalue weighted by Gasteiger charge is -2.31. The van der Waals surface area contributed by atoms with E-state index in [1.165, 1.54) is 11.3 Å². The minimum Gasteiger partial charge on any atom is -0.350 e. The van der Waals surface area contributed by atoms with Gasteiger partial charge in [-0.3, -0.25) is 10.1 Å². The molecule has 3 aromatic rings. The van der Waals surface area contributed by atoms with Gasteiger partial charge >= 0.3 is 0 Å². The van der Waals surface area contributed by atoms with Gasteiger partial charge in [0.2, 0.25) is 0 Å². The van der Waals surface area contributed by atoms with Crippen molar-refractivity contribution in [3.8, 4) is 0 Å². The zero-order valence-electron chi connectivity index (χ0n) is 11.2. The Balaban J connectivity index is 1.73. The largest absolute Gasteiger partial charge is 0.350 e. The molecule has 0 radical (unpaired) electrons. The van der Waals surface area contributed by atoms with E-state index in [9.17, 15) is 0 Å². The van der Waals surface area contributed by atoms with E-state index in [1.54, 1.807) is 0 Å². The highest BCUT2D eigenvalue weighted by Crippen LogP contribution is 2.28. The molecule has 1 aromatic carbocycles. The third-order valence-electron chi connectivity index (χ3n) is 3.86. The molecule has 0 saturated carbocycles. The summed E-state index contributed by atoms with van der Waals surface area (Å²) in [5.74, 6) is 1.36. The second kappa shape index (κ2) is 4.30. The van der Waals surface area contributed by atoms with Gasteiger partial charge in [-0.15, -0.1) is 0 Å². The van der Waals surface area contributed by atoms with Crippen molar-refractivity contribution in [2.75, 3.05) is 11.4 Å². The van der Waals surface area contributed by atoms with Crippen molar-refractivity contribution in [2.24, 2.45) is 0 Å². The molecule has 0 spiro atoms. The number of hydrogen-bond acceptors (Lipinski definition) is 4. The Hall–Kier alpha value is -2.43. The van der Waals surface area contributed by atoms with Crippen LogP contribution in [0, 0.1) is 0 Å². The first kappa shape index (κ1) is 11.4. The molecule has 5 nitrogen and oxygen atoms in total. The number of nitrogens with zero attached hydrogens (tertiary/aromatic N) is 4. The number of hydrogen-bond donors (Lipinski definition) is 1. The smallest absolute Gasteiger partial charge is 0.148 e. The van der Waals surface area contributed by atoms with Crippen LogP contribution in [0.5, 0.6) is 0 Å². The molecule has 0 amide bonds. The van der Waals surface area contributed by atoms with Gasteiger partial charge in [0.05, 0.1) is 23.4 Å². The molecule has 1 aliphatic rings. The highest BCUT2D eigenvalue weighted by atomic mass is 15.2. The van der Waals surface area contributed by atoms with Gasteiger partial charge in [0.25, 0.3) is 0 Å². The van der Waals surface area contributed by atoms with Gasteiger partial charge in [0.1, 0.15) is 5.82 Å². The quantitative estimate of drug-likeness (QED) is 0.734. The zero-order valence-corrected chi connectivity index (χ0v) is 11.2. The predicted octanol–water partition coefficient (Wildman–Crippen LogP) is 2.48. The molecule has 2 aromatic heterocycles. The summed E-state index contributed by atoms with van der Waals surface area (Å²) in [6.45, 7) is 3.98. The molecule has 0 bridgehead atoms.